The highest BCUT2D eigenvalue weighted by Crippen LogP contribution is 2.41. The lowest BCUT2D eigenvalue weighted by Crippen LogP contribution is -2.23. The van der Waals surface area contributed by atoms with Crippen molar-refractivity contribution in [3.63, 3.8) is 0 Å². The van der Waals surface area contributed by atoms with E-state index < -0.39 is 6.43 Å². The van der Waals surface area contributed by atoms with Gasteiger partial charge in [-0.05, 0) is 31.4 Å². The van der Waals surface area contributed by atoms with E-state index in [9.17, 15) is 8.78 Å². The number of alkyl halides is 2. The van der Waals surface area contributed by atoms with Crippen LogP contribution in [0.5, 0.6) is 0 Å². The van der Waals surface area contributed by atoms with Gasteiger partial charge in [0.2, 0.25) is 0 Å². The molecular formula is C16H19F2N3O. The third kappa shape index (κ3) is 2.47. The van der Waals surface area contributed by atoms with E-state index in [-0.39, 0.29) is 17.6 Å². The zero-order valence-corrected chi connectivity index (χ0v) is 12.4. The van der Waals surface area contributed by atoms with Gasteiger partial charge < -0.3 is 16.2 Å². The van der Waals surface area contributed by atoms with Crippen LogP contribution in [0.3, 0.4) is 0 Å². The van der Waals surface area contributed by atoms with Gasteiger partial charge in [-0.2, -0.15) is 0 Å². The Kier molecular flexibility index (Phi) is 3.87. The van der Waals surface area contributed by atoms with E-state index in [1.165, 1.54) is 12.3 Å². The number of ether oxygens (including phenoxy) is 1. The molecule has 1 aliphatic rings. The maximum Gasteiger partial charge on any atom is 0.264 e. The summed E-state index contributed by atoms with van der Waals surface area (Å²) in [5.41, 5.74) is 13.7. The Balaban J connectivity index is 2.23. The molecular weight excluding hydrogens is 288 g/mol. The first-order chi connectivity index (χ1) is 10.5. The van der Waals surface area contributed by atoms with Crippen molar-refractivity contribution in [2.75, 3.05) is 18.1 Å². The molecule has 118 valence electrons. The van der Waals surface area contributed by atoms with Crippen LogP contribution < -0.4 is 11.5 Å². The largest absolute Gasteiger partial charge is 0.396 e. The Morgan fingerprint density at radius 2 is 2.05 bits per heavy atom. The molecule has 1 aromatic heterocycles. The smallest absolute Gasteiger partial charge is 0.264 e. The van der Waals surface area contributed by atoms with Crippen LogP contribution in [0.25, 0.3) is 10.9 Å². The van der Waals surface area contributed by atoms with Crippen LogP contribution in [0.2, 0.25) is 0 Å². The van der Waals surface area contributed by atoms with E-state index in [1.807, 2.05) is 6.92 Å². The maximum atomic E-state index is 13.5. The molecule has 0 saturated carbocycles. The van der Waals surface area contributed by atoms with Crippen LogP contribution in [0.4, 0.5) is 20.2 Å². The minimum atomic E-state index is -2.57. The lowest BCUT2D eigenvalue weighted by atomic mass is 9.85. The van der Waals surface area contributed by atoms with Gasteiger partial charge in [0.05, 0.1) is 35.8 Å². The minimum absolute atomic E-state index is 0.00486. The topological polar surface area (TPSA) is 74.2 Å². The summed E-state index contributed by atoms with van der Waals surface area (Å²) in [5, 5.41) is 0.543. The van der Waals surface area contributed by atoms with Crippen LogP contribution in [-0.4, -0.2) is 17.7 Å². The Labute approximate surface area is 127 Å². The second-order valence-corrected chi connectivity index (χ2v) is 5.81. The van der Waals surface area contributed by atoms with Gasteiger partial charge in [0.25, 0.3) is 6.43 Å². The van der Waals surface area contributed by atoms with Crippen molar-refractivity contribution in [3.8, 4) is 0 Å². The van der Waals surface area contributed by atoms with Gasteiger partial charge >= 0.3 is 0 Å². The number of halogens is 2. The highest BCUT2D eigenvalue weighted by molar-refractivity contribution is 5.99. The van der Waals surface area contributed by atoms with Gasteiger partial charge in [-0.15, -0.1) is 0 Å². The van der Waals surface area contributed by atoms with E-state index in [0.29, 0.717) is 34.4 Å². The molecule has 1 saturated heterocycles. The Bertz CT molecular complexity index is 697. The van der Waals surface area contributed by atoms with Gasteiger partial charge in [-0.3, -0.25) is 4.98 Å². The number of rotatable bonds is 2. The van der Waals surface area contributed by atoms with E-state index in [2.05, 4.69) is 4.98 Å². The number of hydrogen-bond acceptors (Lipinski definition) is 4. The molecule has 1 aromatic carbocycles. The summed E-state index contributed by atoms with van der Waals surface area (Å²) in [5.74, 6) is -0.116. The van der Waals surface area contributed by atoms with Crippen LogP contribution in [-0.2, 0) is 4.74 Å². The first kappa shape index (κ1) is 15.0. The Hall–Kier alpha value is -1.95. The second kappa shape index (κ2) is 5.68. The quantitative estimate of drug-likeness (QED) is 0.888. The Morgan fingerprint density at radius 1 is 1.27 bits per heavy atom. The van der Waals surface area contributed by atoms with Crippen molar-refractivity contribution in [2.45, 2.75) is 38.2 Å². The molecule has 6 heteroatoms. The summed E-state index contributed by atoms with van der Waals surface area (Å²) < 4.78 is 32.6. The van der Waals surface area contributed by atoms with Gasteiger partial charge in [-0.1, -0.05) is 6.07 Å². The lowest BCUT2D eigenvalue weighted by Gasteiger charge is -2.29. The minimum Gasteiger partial charge on any atom is -0.396 e. The molecule has 4 N–H and O–H groups in total. The van der Waals surface area contributed by atoms with Crippen molar-refractivity contribution in [3.05, 3.63) is 29.5 Å². The SMILES string of the molecule is C[C@@H]1CCC(c2c(C(F)F)ccc3ncc(N)c(N)c23)CO1. The molecule has 2 aromatic rings. The first-order valence-electron chi connectivity index (χ1n) is 7.35. The second-order valence-electron chi connectivity index (χ2n) is 5.81. The number of benzene rings is 1. The van der Waals surface area contributed by atoms with E-state index in [4.69, 9.17) is 16.2 Å². The number of pyridine rings is 1. The average Bonchev–Trinajstić information content (AvgIpc) is 2.50. The fourth-order valence-corrected chi connectivity index (χ4v) is 3.11. The average molecular weight is 307 g/mol. The van der Waals surface area contributed by atoms with Crippen LogP contribution in [0, 0.1) is 0 Å². The summed E-state index contributed by atoms with van der Waals surface area (Å²) in [4.78, 5) is 4.22. The number of nitrogens with zero attached hydrogens (tertiary/aromatic N) is 1. The van der Waals surface area contributed by atoms with E-state index in [0.717, 1.165) is 12.8 Å². The summed E-state index contributed by atoms with van der Waals surface area (Å²) in [7, 11) is 0. The van der Waals surface area contributed by atoms with Gasteiger partial charge in [0, 0.05) is 16.9 Å². The standard InChI is InChI=1S/C16H19F2N3O/c1-8-2-3-9(7-22-8)13-10(16(17)18)4-5-12-14(13)15(20)11(19)6-21-12/h4-6,8-9,16H,2-3,7,19H2,1H3,(H2,20,21)/t8-,9?/m1/s1. The van der Waals surface area contributed by atoms with Crippen LogP contribution in [0.15, 0.2) is 18.3 Å². The summed E-state index contributed by atoms with van der Waals surface area (Å²) in [6, 6.07) is 3.01. The maximum absolute atomic E-state index is 13.5. The number of hydrogen-bond donors (Lipinski definition) is 2. The van der Waals surface area contributed by atoms with Crippen molar-refractivity contribution < 1.29 is 13.5 Å². The zero-order chi connectivity index (χ0) is 15.9. The third-order valence-electron chi connectivity index (χ3n) is 4.33. The van der Waals surface area contributed by atoms with Crippen molar-refractivity contribution in [1.29, 1.82) is 0 Å². The van der Waals surface area contributed by atoms with Crippen LogP contribution in [0.1, 0.15) is 43.2 Å². The van der Waals surface area contributed by atoms with Crippen molar-refractivity contribution >= 4 is 22.3 Å². The molecule has 4 nitrogen and oxygen atoms in total. The van der Waals surface area contributed by atoms with E-state index >= 15 is 0 Å². The van der Waals surface area contributed by atoms with Gasteiger partial charge in [0.15, 0.2) is 0 Å². The van der Waals surface area contributed by atoms with Gasteiger partial charge in [-0.25, -0.2) is 8.78 Å². The fourth-order valence-electron chi connectivity index (χ4n) is 3.11. The number of fused-ring (bicyclic) bond motifs is 1. The molecule has 0 aliphatic carbocycles. The van der Waals surface area contributed by atoms with E-state index in [1.54, 1.807) is 6.07 Å². The molecule has 0 radical (unpaired) electrons. The Morgan fingerprint density at radius 3 is 2.68 bits per heavy atom. The zero-order valence-electron chi connectivity index (χ0n) is 12.4. The molecule has 3 rings (SSSR count). The summed E-state index contributed by atoms with van der Waals surface area (Å²) >= 11 is 0. The number of aromatic nitrogens is 1. The van der Waals surface area contributed by atoms with Crippen molar-refractivity contribution in [2.24, 2.45) is 0 Å². The molecule has 0 bridgehead atoms. The number of anilines is 2. The monoisotopic (exact) mass is 307 g/mol. The molecule has 2 heterocycles. The highest BCUT2D eigenvalue weighted by Gasteiger charge is 2.28. The van der Waals surface area contributed by atoms with Gasteiger partial charge in [0.1, 0.15) is 0 Å². The highest BCUT2D eigenvalue weighted by atomic mass is 19.3. The molecule has 1 aliphatic heterocycles. The lowest BCUT2D eigenvalue weighted by molar-refractivity contribution is 0.0149. The predicted molar refractivity (Wildman–Crippen MR) is 82.9 cm³/mol. The first-order valence-corrected chi connectivity index (χ1v) is 7.35. The normalized spacial score (nSPS) is 22.4. The molecule has 1 unspecified atom stereocenters. The van der Waals surface area contributed by atoms with Crippen LogP contribution >= 0.6 is 0 Å². The summed E-state index contributed by atoms with van der Waals surface area (Å²) in [6.45, 7) is 2.40. The molecule has 0 spiro atoms. The summed E-state index contributed by atoms with van der Waals surface area (Å²) in [6.07, 6.45) is 0.665. The predicted octanol–water partition coefficient (Wildman–Crippen LogP) is 3.62. The third-order valence-corrected chi connectivity index (χ3v) is 4.33. The fraction of sp³-hybridized carbons (Fsp3) is 0.438. The molecule has 0 amide bonds. The molecule has 22 heavy (non-hydrogen) atoms. The van der Waals surface area contributed by atoms with Crippen molar-refractivity contribution in [1.82, 2.24) is 4.98 Å². The number of nitrogens with two attached hydrogens (primary N) is 2. The molecule has 1 fully saturated rings. The molecule has 2 atom stereocenters. The number of nitrogen functional groups attached to an aromatic ring is 2.